The molecule has 2 atom stereocenters. The fourth-order valence-corrected chi connectivity index (χ4v) is 4.41. The molecule has 0 bridgehead atoms. The highest BCUT2D eigenvalue weighted by Gasteiger charge is 2.29. The van der Waals surface area contributed by atoms with E-state index in [0.29, 0.717) is 6.54 Å². The zero-order chi connectivity index (χ0) is 14.2. The number of nitrogens with two attached hydrogens (primary N) is 1. The standard InChI is InChI=1S/C13H19BrN2O2S/c1-9-8-19(17,18)6-5-16(9)13-7-11(14)3-4-12(13)10(2)15/h3-4,7,9-10H,5-6,8,15H2,1-2H3. The van der Waals surface area contributed by atoms with Gasteiger partial charge in [-0.1, -0.05) is 22.0 Å². The molecule has 4 nitrogen and oxygen atoms in total. The Morgan fingerprint density at radius 2 is 2.16 bits per heavy atom. The molecule has 1 aliphatic rings. The molecule has 1 aliphatic heterocycles. The summed E-state index contributed by atoms with van der Waals surface area (Å²) in [6.07, 6.45) is 0. The van der Waals surface area contributed by atoms with Crippen LogP contribution >= 0.6 is 15.9 Å². The van der Waals surface area contributed by atoms with Gasteiger partial charge in [-0.2, -0.15) is 0 Å². The first kappa shape index (κ1) is 14.8. The first-order chi connectivity index (χ1) is 8.80. The van der Waals surface area contributed by atoms with Gasteiger partial charge in [-0.25, -0.2) is 8.42 Å². The van der Waals surface area contributed by atoms with Gasteiger partial charge < -0.3 is 10.6 Å². The van der Waals surface area contributed by atoms with Gasteiger partial charge in [-0.3, -0.25) is 0 Å². The quantitative estimate of drug-likeness (QED) is 0.890. The Kier molecular flexibility index (Phi) is 4.23. The van der Waals surface area contributed by atoms with E-state index in [1.54, 1.807) is 0 Å². The lowest BCUT2D eigenvalue weighted by atomic mass is 10.0. The summed E-state index contributed by atoms with van der Waals surface area (Å²) in [4.78, 5) is 2.14. The number of hydrogen-bond acceptors (Lipinski definition) is 4. The van der Waals surface area contributed by atoms with E-state index in [1.807, 2.05) is 32.0 Å². The third kappa shape index (κ3) is 3.30. The second-order valence-corrected chi connectivity index (χ2v) is 8.29. The predicted octanol–water partition coefficient (Wildman–Crippen LogP) is 2.09. The van der Waals surface area contributed by atoms with Crippen molar-refractivity contribution < 1.29 is 8.42 Å². The number of rotatable bonds is 2. The average molecular weight is 347 g/mol. The van der Waals surface area contributed by atoms with E-state index in [9.17, 15) is 8.42 Å². The van der Waals surface area contributed by atoms with Crippen molar-refractivity contribution in [3.63, 3.8) is 0 Å². The minimum Gasteiger partial charge on any atom is -0.366 e. The normalized spacial score (nSPS) is 24.2. The van der Waals surface area contributed by atoms with Crippen LogP contribution in [0, 0.1) is 0 Å². The molecule has 106 valence electrons. The van der Waals surface area contributed by atoms with Gasteiger partial charge in [0, 0.05) is 28.8 Å². The van der Waals surface area contributed by atoms with Crippen LogP contribution in [0.15, 0.2) is 22.7 Å². The number of anilines is 1. The third-order valence-corrected chi connectivity index (χ3v) is 5.75. The van der Waals surface area contributed by atoms with E-state index in [2.05, 4.69) is 20.8 Å². The molecule has 2 N–H and O–H groups in total. The van der Waals surface area contributed by atoms with Crippen LogP contribution in [-0.2, 0) is 9.84 Å². The average Bonchev–Trinajstić information content (AvgIpc) is 2.27. The molecular weight excluding hydrogens is 328 g/mol. The van der Waals surface area contributed by atoms with Crippen LogP contribution in [0.4, 0.5) is 5.69 Å². The second-order valence-electron chi connectivity index (χ2n) is 5.15. The Morgan fingerprint density at radius 3 is 2.74 bits per heavy atom. The summed E-state index contributed by atoms with van der Waals surface area (Å²) in [6, 6.07) is 5.89. The molecule has 6 heteroatoms. The molecule has 0 saturated carbocycles. The van der Waals surface area contributed by atoms with E-state index >= 15 is 0 Å². The third-order valence-electron chi connectivity index (χ3n) is 3.46. The molecular formula is C13H19BrN2O2S. The highest BCUT2D eigenvalue weighted by molar-refractivity contribution is 9.10. The molecule has 19 heavy (non-hydrogen) atoms. The lowest BCUT2D eigenvalue weighted by molar-refractivity contribution is 0.567. The van der Waals surface area contributed by atoms with Crippen LogP contribution in [0.1, 0.15) is 25.5 Å². The van der Waals surface area contributed by atoms with Gasteiger partial charge in [0.15, 0.2) is 9.84 Å². The van der Waals surface area contributed by atoms with Crippen molar-refractivity contribution in [2.75, 3.05) is 23.0 Å². The maximum Gasteiger partial charge on any atom is 0.154 e. The van der Waals surface area contributed by atoms with Crippen LogP contribution < -0.4 is 10.6 Å². The second kappa shape index (κ2) is 5.42. The van der Waals surface area contributed by atoms with Crippen LogP contribution in [0.3, 0.4) is 0 Å². The fraction of sp³-hybridized carbons (Fsp3) is 0.538. The summed E-state index contributed by atoms with van der Waals surface area (Å²) in [5, 5.41) is 0. The lowest BCUT2D eigenvalue weighted by Gasteiger charge is -2.37. The van der Waals surface area contributed by atoms with E-state index in [4.69, 9.17) is 5.73 Å². The SMILES string of the molecule is CC(N)c1ccc(Br)cc1N1CCS(=O)(=O)CC1C. The molecule has 1 heterocycles. The summed E-state index contributed by atoms with van der Waals surface area (Å²) >= 11 is 3.47. The van der Waals surface area contributed by atoms with Crippen LogP contribution in [0.2, 0.25) is 0 Å². The van der Waals surface area contributed by atoms with Crippen molar-refractivity contribution in [1.29, 1.82) is 0 Å². The highest BCUT2D eigenvalue weighted by atomic mass is 79.9. The first-order valence-corrected chi connectivity index (χ1v) is 8.94. The molecule has 2 rings (SSSR count). The highest BCUT2D eigenvalue weighted by Crippen LogP contribution is 2.31. The van der Waals surface area contributed by atoms with Gasteiger partial charge in [-0.05, 0) is 31.5 Å². The van der Waals surface area contributed by atoms with Crippen molar-refractivity contribution in [2.24, 2.45) is 5.73 Å². The Balaban J connectivity index is 2.39. The van der Waals surface area contributed by atoms with E-state index in [-0.39, 0.29) is 23.6 Å². The van der Waals surface area contributed by atoms with Gasteiger partial charge in [0.1, 0.15) is 0 Å². The minimum atomic E-state index is -2.90. The molecule has 1 aromatic rings. The predicted molar refractivity (Wildman–Crippen MR) is 82.2 cm³/mol. The lowest BCUT2D eigenvalue weighted by Crippen LogP contribution is -2.47. The van der Waals surface area contributed by atoms with Gasteiger partial charge in [-0.15, -0.1) is 0 Å². The Morgan fingerprint density at radius 1 is 1.47 bits per heavy atom. The smallest absolute Gasteiger partial charge is 0.154 e. The van der Waals surface area contributed by atoms with Crippen LogP contribution in [0.25, 0.3) is 0 Å². The molecule has 1 saturated heterocycles. The monoisotopic (exact) mass is 346 g/mol. The largest absolute Gasteiger partial charge is 0.366 e. The number of halogens is 1. The van der Waals surface area contributed by atoms with Crippen molar-refractivity contribution in [2.45, 2.75) is 25.9 Å². The zero-order valence-electron chi connectivity index (χ0n) is 11.1. The Labute approximate surface area is 123 Å². The van der Waals surface area contributed by atoms with Gasteiger partial charge in [0.25, 0.3) is 0 Å². The van der Waals surface area contributed by atoms with Crippen molar-refractivity contribution >= 4 is 31.5 Å². The summed E-state index contributed by atoms with van der Waals surface area (Å²) < 4.78 is 24.3. The molecule has 2 unspecified atom stereocenters. The van der Waals surface area contributed by atoms with Gasteiger partial charge in [0.05, 0.1) is 11.5 Å². The number of sulfone groups is 1. The molecule has 0 spiro atoms. The van der Waals surface area contributed by atoms with Crippen LogP contribution in [0.5, 0.6) is 0 Å². The number of benzene rings is 1. The summed E-state index contributed by atoms with van der Waals surface area (Å²) in [6.45, 7) is 4.42. The Bertz CT molecular complexity index is 572. The summed E-state index contributed by atoms with van der Waals surface area (Å²) in [5.74, 6) is 0.417. The molecule has 1 aromatic carbocycles. The number of hydrogen-bond donors (Lipinski definition) is 1. The van der Waals surface area contributed by atoms with E-state index in [1.165, 1.54) is 0 Å². The topological polar surface area (TPSA) is 63.4 Å². The van der Waals surface area contributed by atoms with Crippen molar-refractivity contribution in [1.82, 2.24) is 0 Å². The number of nitrogens with zero attached hydrogens (tertiary/aromatic N) is 1. The summed E-state index contributed by atoms with van der Waals surface area (Å²) in [7, 11) is -2.90. The maximum absolute atomic E-state index is 11.7. The van der Waals surface area contributed by atoms with E-state index < -0.39 is 9.84 Å². The van der Waals surface area contributed by atoms with Gasteiger partial charge >= 0.3 is 0 Å². The molecule has 0 aliphatic carbocycles. The van der Waals surface area contributed by atoms with Crippen molar-refractivity contribution in [3.8, 4) is 0 Å². The Hall–Kier alpha value is -0.590. The molecule has 1 fully saturated rings. The first-order valence-electron chi connectivity index (χ1n) is 6.32. The molecule has 0 amide bonds. The summed E-state index contributed by atoms with van der Waals surface area (Å²) in [5.41, 5.74) is 8.09. The van der Waals surface area contributed by atoms with E-state index in [0.717, 1.165) is 15.7 Å². The maximum atomic E-state index is 11.7. The fourth-order valence-electron chi connectivity index (χ4n) is 2.51. The van der Waals surface area contributed by atoms with Gasteiger partial charge in [0.2, 0.25) is 0 Å². The zero-order valence-corrected chi connectivity index (χ0v) is 13.5. The van der Waals surface area contributed by atoms with Crippen molar-refractivity contribution in [3.05, 3.63) is 28.2 Å². The molecule has 0 radical (unpaired) electrons. The minimum absolute atomic E-state index is 0.0226. The van der Waals surface area contributed by atoms with Crippen LogP contribution in [-0.4, -0.2) is 32.5 Å². The molecule has 0 aromatic heterocycles.